The molecule has 3 heterocycles. The summed E-state index contributed by atoms with van der Waals surface area (Å²) in [6.45, 7) is 3.68. The monoisotopic (exact) mass is 567 g/mol. The van der Waals surface area contributed by atoms with Gasteiger partial charge in [0.25, 0.3) is 0 Å². The number of carbonyl (C=O) groups is 4. The molecule has 5 rings (SSSR count). The highest BCUT2D eigenvalue weighted by molar-refractivity contribution is 6.10. The van der Waals surface area contributed by atoms with E-state index in [1.807, 2.05) is 36.1 Å². The summed E-state index contributed by atoms with van der Waals surface area (Å²) in [6, 6.07) is 7.24. The molecule has 1 aromatic rings. The summed E-state index contributed by atoms with van der Waals surface area (Å²) in [5.74, 6) is -3.00. The van der Waals surface area contributed by atoms with E-state index in [0.717, 1.165) is 30.8 Å². The number of hydrogen-bond donors (Lipinski definition) is 2. The zero-order valence-corrected chi connectivity index (χ0v) is 22.7. The van der Waals surface area contributed by atoms with E-state index in [-0.39, 0.29) is 23.8 Å². The zero-order chi connectivity index (χ0) is 29.2. The molecule has 1 saturated carbocycles. The van der Waals surface area contributed by atoms with Crippen LogP contribution in [0.25, 0.3) is 0 Å². The van der Waals surface area contributed by atoms with Crippen molar-refractivity contribution < 1.29 is 42.2 Å². The lowest BCUT2D eigenvalue weighted by Crippen LogP contribution is -2.64. The molecule has 0 unspecified atom stereocenters. The lowest BCUT2D eigenvalue weighted by molar-refractivity contribution is -0.192. The van der Waals surface area contributed by atoms with Gasteiger partial charge in [-0.1, -0.05) is 31.4 Å². The molecule has 3 saturated heterocycles. The van der Waals surface area contributed by atoms with Crippen molar-refractivity contribution in [3.63, 3.8) is 0 Å². The number of imide groups is 1. The molecule has 4 atom stereocenters. The summed E-state index contributed by atoms with van der Waals surface area (Å²) in [5.41, 5.74) is -0.0854. The third kappa shape index (κ3) is 5.55. The summed E-state index contributed by atoms with van der Waals surface area (Å²) in [6.07, 6.45) is 2.46. The highest BCUT2D eigenvalue weighted by Crippen LogP contribution is 2.52. The second-order valence-electron chi connectivity index (χ2n) is 11.0. The number of methoxy groups -OCH3 is 1. The highest BCUT2D eigenvalue weighted by Gasteiger charge is 2.68. The van der Waals surface area contributed by atoms with Crippen molar-refractivity contribution in [2.24, 2.45) is 17.8 Å². The van der Waals surface area contributed by atoms with Gasteiger partial charge >= 0.3 is 12.1 Å². The molecule has 2 N–H and O–H groups in total. The average molecular weight is 568 g/mol. The van der Waals surface area contributed by atoms with Crippen LogP contribution in [0.3, 0.4) is 0 Å². The van der Waals surface area contributed by atoms with E-state index in [1.54, 1.807) is 7.11 Å². The lowest BCUT2D eigenvalue weighted by Gasteiger charge is -2.43. The topological polar surface area (TPSA) is 116 Å². The van der Waals surface area contributed by atoms with Gasteiger partial charge in [0.05, 0.1) is 18.9 Å². The van der Waals surface area contributed by atoms with Gasteiger partial charge in [-0.3, -0.25) is 24.6 Å². The fourth-order valence-corrected chi connectivity index (χ4v) is 6.79. The number of rotatable bonds is 5. The molecule has 0 radical (unpaired) electrons. The van der Waals surface area contributed by atoms with Crippen molar-refractivity contribution in [2.45, 2.75) is 69.6 Å². The maximum atomic E-state index is 14.1. The molecule has 1 aliphatic carbocycles. The van der Waals surface area contributed by atoms with Crippen LogP contribution in [0.15, 0.2) is 24.3 Å². The van der Waals surface area contributed by atoms with Gasteiger partial charge in [-0.15, -0.1) is 0 Å². The second kappa shape index (κ2) is 11.8. The van der Waals surface area contributed by atoms with Crippen LogP contribution in [0.1, 0.15) is 63.5 Å². The minimum Gasteiger partial charge on any atom is -0.497 e. The maximum absolute atomic E-state index is 14.1. The predicted molar refractivity (Wildman–Crippen MR) is 137 cm³/mol. The molecular weight excluding hydrogens is 531 g/mol. The van der Waals surface area contributed by atoms with Crippen LogP contribution < -0.4 is 10.1 Å². The van der Waals surface area contributed by atoms with Gasteiger partial charge in [-0.25, -0.2) is 4.79 Å². The Bertz CT molecular complexity index is 1120. The number of likely N-dealkylation sites (tertiary alicyclic amines) is 2. The molecule has 0 aromatic heterocycles. The number of carbonyl (C=O) groups excluding carboxylic acids is 3. The van der Waals surface area contributed by atoms with Crippen LogP contribution >= 0.6 is 0 Å². The van der Waals surface area contributed by atoms with E-state index < -0.39 is 29.5 Å². The van der Waals surface area contributed by atoms with E-state index in [2.05, 4.69) is 5.32 Å². The van der Waals surface area contributed by atoms with Crippen molar-refractivity contribution >= 4 is 23.7 Å². The minimum absolute atomic E-state index is 0.0180. The van der Waals surface area contributed by atoms with Gasteiger partial charge in [-0.2, -0.15) is 13.2 Å². The van der Waals surface area contributed by atoms with Crippen LogP contribution in [0.2, 0.25) is 0 Å². The number of aliphatic carboxylic acids is 1. The van der Waals surface area contributed by atoms with Gasteiger partial charge < -0.3 is 14.7 Å². The third-order valence-corrected chi connectivity index (χ3v) is 8.65. The zero-order valence-electron chi connectivity index (χ0n) is 22.7. The van der Waals surface area contributed by atoms with Crippen LogP contribution in [-0.4, -0.2) is 77.1 Å². The number of hydrogen-bond acceptors (Lipinski definition) is 6. The standard InChI is InChI=1S/C26H35N3O4.C2HF3O2/c1-3-29-23(30)20-21(24(29)31)26(27-22(20)18-10-12-19(33-2)13-11-18)14-7-15-28(25(26)32)16-17-8-5-4-6-9-17;3-2(4,5)1(6)7/h10-13,17,20-22,27H,3-9,14-16H2,1-2H3;(H,6,7)/t20-,21-,22-,26-;/m1./s1. The number of piperidine rings is 1. The molecular formula is C28H36F3N3O6. The average Bonchev–Trinajstić information content (AvgIpc) is 3.40. The number of carboxylic acid groups (broad SMARTS) is 1. The first kappa shape index (κ1) is 29.8. The van der Waals surface area contributed by atoms with Gasteiger partial charge in [0.15, 0.2) is 0 Å². The van der Waals surface area contributed by atoms with E-state index in [0.29, 0.717) is 18.9 Å². The Labute approximate surface area is 231 Å². The predicted octanol–water partition coefficient (Wildman–Crippen LogP) is 3.54. The summed E-state index contributed by atoms with van der Waals surface area (Å²) >= 11 is 0. The van der Waals surface area contributed by atoms with Crippen LogP contribution in [-0.2, 0) is 19.2 Å². The van der Waals surface area contributed by atoms with Gasteiger partial charge in [0.2, 0.25) is 17.7 Å². The third-order valence-electron chi connectivity index (χ3n) is 8.65. The van der Waals surface area contributed by atoms with E-state index in [4.69, 9.17) is 14.6 Å². The molecule has 12 heteroatoms. The van der Waals surface area contributed by atoms with Crippen LogP contribution in [0, 0.1) is 17.8 Å². The Morgan fingerprint density at radius 2 is 1.70 bits per heavy atom. The number of nitrogens with zero attached hydrogens (tertiary/aromatic N) is 2. The molecule has 0 bridgehead atoms. The molecule has 4 aliphatic rings. The van der Waals surface area contributed by atoms with E-state index in [9.17, 15) is 27.6 Å². The fraction of sp³-hybridized carbons (Fsp3) is 0.643. The molecule has 1 spiro atoms. The fourth-order valence-electron chi connectivity index (χ4n) is 6.79. The van der Waals surface area contributed by atoms with Gasteiger partial charge in [0.1, 0.15) is 11.3 Å². The molecule has 9 nitrogen and oxygen atoms in total. The summed E-state index contributed by atoms with van der Waals surface area (Å²) in [7, 11) is 1.62. The number of carboxylic acids is 1. The van der Waals surface area contributed by atoms with Gasteiger partial charge in [0, 0.05) is 25.7 Å². The largest absolute Gasteiger partial charge is 0.497 e. The summed E-state index contributed by atoms with van der Waals surface area (Å²) < 4.78 is 37.0. The number of nitrogens with one attached hydrogen (secondary N) is 1. The Morgan fingerprint density at radius 1 is 1.07 bits per heavy atom. The molecule has 3 aliphatic heterocycles. The van der Waals surface area contributed by atoms with Crippen LogP contribution in [0.4, 0.5) is 13.2 Å². The lowest BCUT2D eigenvalue weighted by atomic mass is 9.74. The van der Waals surface area contributed by atoms with E-state index >= 15 is 0 Å². The minimum atomic E-state index is -5.08. The second-order valence-corrected chi connectivity index (χ2v) is 11.0. The molecule has 220 valence electrons. The maximum Gasteiger partial charge on any atom is 0.490 e. The number of amides is 3. The molecule has 4 fully saturated rings. The number of alkyl halides is 3. The molecule has 3 amide bonds. The summed E-state index contributed by atoms with van der Waals surface area (Å²) in [5, 5.41) is 10.7. The SMILES string of the molecule is CCN1C(=O)[C@H]2[C@@H](c3ccc(OC)cc3)N[C@]3(CCCN(CC4CCCCC4)C3=O)[C@H]2C1=O.O=C(O)C(F)(F)F. The van der Waals surface area contributed by atoms with Crippen molar-refractivity contribution in [3.05, 3.63) is 29.8 Å². The quantitative estimate of drug-likeness (QED) is 0.523. The normalized spacial score (nSPS) is 28.9. The van der Waals surface area contributed by atoms with E-state index in [1.165, 1.54) is 37.0 Å². The van der Waals surface area contributed by atoms with Crippen LogP contribution in [0.5, 0.6) is 5.75 Å². The Balaban J connectivity index is 0.000000470. The smallest absolute Gasteiger partial charge is 0.490 e. The number of halogens is 3. The first-order valence-electron chi connectivity index (χ1n) is 13.8. The van der Waals surface area contributed by atoms with Crippen molar-refractivity contribution in [2.75, 3.05) is 26.7 Å². The van der Waals surface area contributed by atoms with Crippen molar-refractivity contribution in [3.8, 4) is 5.75 Å². The van der Waals surface area contributed by atoms with Crippen molar-refractivity contribution in [1.82, 2.24) is 15.1 Å². The first-order valence-corrected chi connectivity index (χ1v) is 13.8. The summed E-state index contributed by atoms with van der Waals surface area (Å²) in [4.78, 5) is 53.2. The van der Waals surface area contributed by atoms with Crippen molar-refractivity contribution in [1.29, 1.82) is 0 Å². The molecule has 40 heavy (non-hydrogen) atoms. The first-order chi connectivity index (χ1) is 18.9. The number of benzene rings is 1. The number of ether oxygens (including phenoxy) is 1. The molecule has 1 aromatic carbocycles. The van der Waals surface area contributed by atoms with Gasteiger partial charge in [-0.05, 0) is 56.2 Å². The Kier molecular flexibility index (Phi) is 8.77. The number of fused-ring (bicyclic) bond motifs is 2. The Hall–Kier alpha value is -3.15. The highest BCUT2D eigenvalue weighted by atomic mass is 19.4. The Morgan fingerprint density at radius 3 is 2.25 bits per heavy atom.